The van der Waals surface area contributed by atoms with Gasteiger partial charge in [-0.25, -0.2) is 0 Å². The summed E-state index contributed by atoms with van der Waals surface area (Å²) in [5.41, 5.74) is -0.784. The fourth-order valence-corrected chi connectivity index (χ4v) is 5.24. The van der Waals surface area contributed by atoms with Crippen LogP contribution in [0.3, 0.4) is 0 Å². The van der Waals surface area contributed by atoms with Crippen molar-refractivity contribution in [2.45, 2.75) is 72.4 Å². The van der Waals surface area contributed by atoms with Crippen LogP contribution in [-0.2, 0) is 19.1 Å². The minimum atomic E-state index is -1.11. The third-order valence-corrected chi connectivity index (χ3v) is 7.59. The number of ether oxygens (including phenoxy) is 2. The summed E-state index contributed by atoms with van der Waals surface area (Å²) < 4.78 is 11.5. The van der Waals surface area contributed by atoms with Gasteiger partial charge in [-0.3, -0.25) is 9.59 Å². The number of carbonyl (C=O) groups is 2. The Morgan fingerprint density at radius 1 is 1.00 bits per heavy atom. The molecule has 178 valence electrons. The van der Waals surface area contributed by atoms with Gasteiger partial charge in [0.05, 0.1) is 12.0 Å². The van der Waals surface area contributed by atoms with Crippen molar-refractivity contribution >= 4 is 11.8 Å². The lowest BCUT2D eigenvalue weighted by Crippen LogP contribution is -2.46. The largest absolute Gasteiger partial charge is 0.460 e. The summed E-state index contributed by atoms with van der Waals surface area (Å²) in [5, 5.41) is 10.7. The van der Waals surface area contributed by atoms with Crippen LogP contribution in [0.5, 0.6) is 0 Å². The molecule has 2 bridgehead atoms. The summed E-state index contributed by atoms with van der Waals surface area (Å²) in [6, 6.07) is 0. The fraction of sp³-hybridized carbons (Fsp3) is 0.500. The Labute approximate surface area is 197 Å². The predicted octanol–water partition coefficient (Wildman–Crippen LogP) is 4.80. The number of carbonyl (C=O) groups excluding carboxylic acids is 2. The second kappa shape index (κ2) is 9.03. The second-order valence-electron chi connectivity index (χ2n) is 10.1. The van der Waals surface area contributed by atoms with Gasteiger partial charge in [0.25, 0.3) is 0 Å². The quantitative estimate of drug-likeness (QED) is 0.271. The van der Waals surface area contributed by atoms with E-state index >= 15 is 0 Å². The molecule has 0 radical (unpaired) electrons. The third kappa shape index (κ3) is 4.24. The smallest absolute Gasteiger partial charge is 0.320 e. The Hall–Kier alpha value is -2.50. The number of Topliss-reactive ketones (excluding diaryl/α,β-unsaturated/α-hetero) is 1. The molecule has 0 amide bonds. The van der Waals surface area contributed by atoms with E-state index < -0.39 is 28.5 Å². The molecule has 0 spiro atoms. The number of esters is 1. The highest BCUT2D eigenvalue weighted by Crippen LogP contribution is 2.60. The molecule has 1 N–H and O–H groups in total. The van der Waals surface area contributed by atoms with Gasteiger partial charge in [0.15, 0.2) is 5.78 Å². The van der Waals surface area contributed by atoms with E-state index in [1.54, 1.807) is 13.8 Å². The Morgan fingerprint density at radius 2 is 1.58 bits per heavy atom. The number of fused-ring (bicyclic) bond motifs is 2. The van der Waals surface area contributed by atoms with Crippen LogP contribution >= 0.6 is 0 Å². The van der Waals surface area contributed by atoms with Crippen LogP contribution in [0.15, 0.2) is 71.9 Å². The number of hydrogen-bond donors (Lipinski definition) is 1. The first-order valence-electron chi connectivity index (χ1n) is 11.5. The molecule has 1 saturated heterocycles. The zero-order valence-corrected chi connectivity index (χ0v) is 20.7. The maximum absolute atomic E-state index is 12.6. The molecule has 5 heteroatoms. The van der Waals surface area contributed by atoms with Gasteiger partial charge in [-0.1, -0.05) is 68.5 Å². The number of rotatable bonds is 6. The van der Waals surface area contributed by atoms with Crippen molar-refractivity contribution < 1.29 is 24.2 Å². The molecule has 1 saturated carbocycles. The molecular formula is C28H36O5. The van der Waals surface area contributed by atoms with Crippen molar-refractivity contribution in [3.05, 3.63) is 71.9 Å². The first-order chi connectivity index (χ1) is 15.4. The number of ketones is 1. The van der Waals surface area contributed by atoms with E-state index in [0.717, 1.165) is 11.1 Å². The normalized spacial score (nSPS) is 41.8. The van der Waals surface area contributed by atoms with Crippen molar-refractivity contribution in [1.29, 1.82) is 0 Å². The monoisotopic (exact) mass is 452 g/mol. The molecule has 2 fully saturated rings. The Bertz CT molecular complexity index is 992. The maximum Gasteiger partial charge on any atom is 0.320 e. The SMILES string of the molecule is CC1=C[C@](C)(O)[C@@H](/C(C)=C/C=C/C=C/C=C/C=C/[C@@]2(C)[C@@H]3OC(=O)[C@]2(C)C(=O)[C@@H]3C)O[C@H]1C. The average Bonchev–Trinajstić information content (AvgIpc) is 3.02. The molecule has 3 aliphatic rings. The minimum Gasteiger partial charge on any atom is -0.460 e. The van der Waals surface area contributed by atoms with Gasteiger partial charge in [0.1, 0.15) is 23.2 Å². The van der Waals surface area contributed by atoms with Crippen molar-refractivity contribution in [3.8, 4) is 0 Å². The van der Waals surface area contributed by atoms with Crippen molar-refractivity contribution in [3.63, 3.8) is 0 Å². The van der Waals surface area contributed by atoms with E-state index in [2.05, 4.69) is 0 Å². The summed E-state index contributed by atoms with van der Waals surface area (Å²) in [6.45, 7) is 13.1. The molecule has 5 nitrogen and oxygen atoms in total. The van der Waals surface area contributed by atoms with E-state index in [1.807, 2.05) is 95.4 Å². The highest BCUT2D eigenvalue weighted by Gasteiger charge is 2.73. The van der Waals surface area contributed by atoms with E-state index in [0.29, 0.717) is 0 Å². The fourth-order valence-electron chi connectivity index (χ4n) is 5.24. The van der Waals surface area contributed by atoms with E-state index in [4.69, 9.17) is 9.47 Å². The van der Waals surface area contributed by atoms with E-state index in [1.165, 1.54) is 0 Å². The van der Waals surface area contributed by atoms with Gasteiger partial charge >= 0.3 is 5.97 Å². The van der Waals surface area contributed by atoms with Gasteiger partial charge in [0.2, 0.25) is 0 Å². The number of allylic oxidation sites excluding steroid dienone is 8. The van der Waals surface area contributed by atoms with E-state index in [9.17, 15) is 14.7 Å². The number of aliphatic hydroxyl groups is 1. The second-order valence-corrected chi connectivity index (χ2v) is 10.1. The minimum absolute atomic E-state index is 0.0177. The Balaban J connectivity index is 1.57. The van der Waals surface area contributed by atoms with Crippen LogP contribution in [0.4, 0.5) is 0 Å². The van der Waals surface area contributed by atoms with Gasteiger partial charge < -0.3 is 14.6 Å². The highest BCUT2D eigenvalue weighted by atomic mass is 16.6. The highest BCUT2D eigenvalue weighted by molar-refractivity contribution is 6.10. The lowest BCUT2D eigenvalue weighted by Gasteiger charge is -2.38. The van der Waals surface area contributed by atoms with Crippen LogP contribution < -0.4 is 0 Å². The van der Waals surface area contributed by atoms with E-state index in [-0.39, 0.29) is 23.9 Å². The molecule has 1 aliphatic carbocycles. The summed E-state index contributed by atoms with van der Waals surface area (Å²) >= 11 is 0. The van der Waals surface area contributed by atoms with Crippen LogP contribution in [0.25, 0.3) is 0 Å². The number of hydrogen-bond acceptors (Lipinski definition) is 5. The Kier molecular flexibility index (Phi) is 6.88. The Morgan fingerprint density at radius 3 is 2.18 bits per heavy atom. The molecule has 3 rings (SSSR count). The summed E-state index contributed by atoms with van der Waals surface area (Å²) in [6.07, 6.45) is 18.2. The molecule has 0 aromatic heterocycles. The third-order valence-electron chi connectivity index (χ3n) is 7.59. The maximum atomic E-state index is 12.6. The van der Waals surface area contributed by atoms with Gasteiger partial charge in [-0.2, -0.15) is 0 Å². The van der Waals surface area contributed by atoms with Crippen molar-refractivity contribution in [1.82, 2.24) is 0 Å². The molecule has 0 aromatic rings. The topological polar surface area (TPSA) is 72.8 Å². The van der Waals surface area contributed by atoms with Crippen LogP contribution in [0.1, 0.15) is 48.5 Å². The van der Waals surface area contributed by atoms with Crippen molar-refractivity contribution in [2.24, 2.45) is 16.7 Å². The van der Waals surface area contributed by atoms with Gasteiger partial charge in [-0.05, 0) is 51.8 Å². The zero-order valence-electron chi connectivity index (χ0n) is 20.7. The van der Waals surface area contributed by atoms with Crippen LogP contribution in [0.2, 0.25) is 0 Å². The molecule has 2 aliphatic heterocycles. The summed E-state index contributed by atoms with van der Waals surface area (Å²) in [4.78, 5) is 24.8. The van der Waals surface area contributed by atoms with Crippen LogP contribution in [0, 0.1) is 16.7 Å². The zero-order chi connectivity index (χ0) is 24.6. The summed E-state index contributed by atoms with van der Waals surface area (Å²) in [7, 11) is 0. The lowest BCUT2D eigenvalue weighted by atomic mass is 9.68. The molecule has 2 heterocycles. The lowest BCUT2D eigenvalue weighted by molar-refractivity contribution is -0.161. The predicted molar refractivity (Wildman–Crippen MR) is 129 cm³/mol. The van der Waals surface area contributed by atoms with Gasteiger partial charge in [0, 0.05) is 5.41 Å². The first-order valence-corrected chi connectivity index (χ1v) is 11.5. The summed E-state index contributed by atoms with van der Waals surface area (Å²) in [5.74, 6) is -0.728. The van der Waals surface area contributed by atoms with Crippen LogP contribution in [-0.4, -0.2) is 40.8 Å². The van der Waals surface area contributed by atoms with Gasteiger partial charge in [-0.15, -0.1) is 0 Å². The molecule has 7 atom stereocenters. The van der Waals surface area contributed by atoms with Crippen molar-refractivity contribution in [2.75, 3.05) is 0 Å². The first kappa shape index (κ1) is 25.1. The molecule has 0 aromatic carbocycles. The molecular weight excluding hydrogens is 416 g/mol. The molecule has 0 unspecified atom stereocenters. The average molecular weight is 453 g/mol. The molecule has 33 heavy (non-hydrogen) atoms. The standard InChI is InChI=1S/C28H36O5/c1-18(23-27(6,31)17-19(2)21(4)32-23)15-13-11-9-8-10-12-14-16-26(5)24-20(3)22(29)28(26,7)25(30)33-24/h8-17,20-21,23-24,31H,1-7H3/b9-8+,12-10+,13-11+,16-14+,18-15+/t20-,21-,23+,24+,26-,27-,28-/m0/s1.